The Morgan fingerprint density at radius 2 is 2.14 bits per heavy atom. The summed E-state index contributed by atoms with van der Waals surface area (Å²) in [7, 11) is 0. The molecule has 2 rings (SSSR count). The lowest BCUT2D eigenvalue weighted by atomic mass is 10.1. The van der Waals surface area contributed by atoms with Crippen LogP contribution in [0.5, 0.6) is 5.75 Å². The highest BCUT2D eigenvalue weighted by Gasteiger charge is 2.14. The average Bonchev–Trinajstić information content (AvgIpc) is 2.19. The second-order valence-electron chi connectivity index (χ2n) is 3.41. The fraction of sp³-hybridized carbons (Fsp3) is 0.500. The maximum atomic E-state index is 12.8. The minimum absolute atomic E-state index is 0.194. The SMILES string of the molecule is Fc1cncc(OC2CCNCC2)c1. The number of ether oxygens (including phenoxy) is 1. The van der Waals surface area contributed by atoms with Crippen LogP contribution in [0.25, 0.3) is 0 Å². The highest BCUT2D eigenvalue weighted by molar-refractivity contribution is 5.17. The molecule has 1 aliphatic rings. The van der Waals surface area contributed by atoms with Gasteiger partial charge in [0.15, 0.2) is 0 Å². The zero-order valence-electron chi connectivity index (χ0n) is 7.87. The number of hydrogen-bond donors (Lipinski definition) is 1. The molecule has 1 aliphatic heterocycles. The Kier molecular flexibility index (Phi) is 2.93. The number of piperidine rings is 1. The monoisotopic (exact) mass is 196 g/mol. The first-order chi connectivity index (χ1) is 6.84. The molecule has 4 heteroatoms. The zero-order chi connectivity index (χ0) is 9.80. The predicted molar refractivity (Wildman–Crippen MR) is 50.7 cm³/mol. The van der Waals surface area contributed by atoms with Crippen LogP contribution in [0.3, 0.4) is 0 Å². The van der Waals surface area contributed by atoms with Crippen LogP contribution in [0.1, 0.15) is 12.8 Å². The Labute approximate surface area is 82.3 Å². The van der Waals surface area contributed by atoms with E-state index in [1.54, 1.807) is 6.20 Å². The lowest BCUT2D eigenvalue weighted by Gasteiger charge is -2.23. The number of pyridine rings is 1. The zero-order valence-corrected chi connectivity index (χ0v) is 7.87. The highest BCUT2D eigenvalue weighted by atomic mass is 19.1. The molecule has 0 aromatic carbocycles. The molecule has 76 valence electrons. The quantitative estimate of drug-likeness (QED) is 0.775. The number of nitrogens with zero attached hydrogens (tertiary/aromatic N) is 1. The molecular weight excluding hydrogens is 183 g/mol. The van der Waals surface area contributed by atoms with Gasteiger partial charge in [0.25, 0.3) is 0 Å². The van der Waals surface area contributed by atoms with Crippen LogP contribution in [0.15, 0.2) is 18.5 Å². The van der Waals surface area contributed by atoms with E-state index in [0.29, 0.717) is 5.75 Å². The van der Waals surface area contributed by atoms with E-state index in [4.69, 9.17) is 4.74 Å². The van der Waals surface area contributed by atoms with E-state index in [9.17, 15) is 4.39 Å². The molecule has 0 amide bonds. The van der Waals surface area contributed by atoms with E-state index in [1.807, 2.05) is 0 Å². The summed E-state index contributed by atoms with van der Waals surface area (Å²) in [5.74, 6) is 0.174. The molecule has 1 aromatic heterocycles. The summed E-state index contributed by atoms with van der Waals surface area (Å²) in [5, 5.41) is 3.24. The Hall–Kier alpha value is -1.16. The van der Waals surface area contributed by atoms with Gasteiger partial charge in [-0.05, 0) is 25.9 Å². The van der Waals surface area contributed by atoms with Crippen LogP contribution in [-0.2, 0) is 0 Å². The molecule has 0 unspecified atom stereocenters. The smallest absolute Gasteiger partial charge is 0.145 e. The van der Waals surface area contributed by atoms with Gasteiger partial charge in [-0.15, -0.1) is 0 Å². The Bertz CT molecular complexity index is 300. The van der Waals surface area contributed by atoms with E-state index >= 15 is 0 Å². The van der Waals surface area contributed by atoms with Gasteiger partial charge in [-0.1, -0.05) is 0 Å². The number of nitrogens with one attached hydrogen (secondary N) is 1. The van der Waals surface area contributed by atoms with Crippen molar-refractivity contribution in [2.24, 2.45) is 0 Å². The number of aromatic nitrogens is 1. The van der Waals surface area contributed by atoms with Gasteiger partial charge >= 0.3 is 0 Å². The van der Waals surface area contributed by atoms with E-state index in [2.05, 4.69) is 10.3 Å². The summed E-state index contributed by atoms with van der Waals surface area (Å²) in [5.41, 5.74) is 0. The molecule has 1 aromatic rings. The second kappa shape index (κ2) is 4.37. The molecule has 0 bridgehead atoms. The predicted octanol–water partition coefficient (Wildman–Crippen LogP) is 1.35. The van der Waals surface area contributed by atoms with Crippen LogP contribution < -0.4 is 10.1 Å². The molecule has 2 heterocycles. The molecule has 3 nitrogen and oxygen atoms in total. The average molecular weight is 196 g/mol. The summed E-state index contributed by atoms with van der Waals surface area (Å²) in [6, 6.07) is 1.37. The Morgan fingerprint density at radius 3 is 2.86 bits per heavy atom. The van der Waals surface area contributed by atoms with E-state index in [1.165, 1.54) is 12.3 Å². The standard InChI is InChI=1S/C10H13FN2O/c11-8-5-10(7-13-6-8)14-9-1-3-12-4-2-9/h5-7,9,12H,1-4H2. The van der Waals surface area contributed by atoms with Crippen molar-refractivity contribution in [3.63, 3.8) is 0 Å². The van der Waals surface area contributed by atoms with Crippen molar-refractivity contribution < 1.29 is 9.13 Å². The topological polar surface area (TPSA) is 34.1 Å². The van der Waals surface area contributed by atoms with Crippen LogP contribution in [0, 0.1) is 5.82 Å². The molecule has 1 fully saturated rings. The van der Waals surface area contributed by atoms with Gasteiger partial charge in [0, 0.05) is 6.07 Å². The molecule has 14 heavy (non-hydrogen) atoms. The molecule has 0 atom stereocenters. The minimum Gasteiger partial charge on any atom is -0.489 e. The van der Waals surface area contributed by atoms with Crippen molar-refractivity contribution in [2.45, 2.75) is 18.9 Å². The van der Waals surface area contributed by atoms with E-state index < -0.39 is 0 Å². The Morgan fingerprint density at radius 1 is 1.36 bits per heavy atom. The largest absolute Gasteiger partial charge is 0.489 e. The molecule has 1 saturated heterocycles. The van der Waals surface area contributed by atoms with Crippen LogP contribution in [-0.4, -0.2) is 24.2 Å². The van der Waals surface area contributed by atoms with Crippen molar-refractivity contribution in [1.29, 1.82) is 0 Å². The second-order valence-corrected chi connectivity index (χ2v) is 3.41. The van der Waals surface area contributed by atoms with Gasteiger partial charge in [-0.2, -0.15) is 0 Å². The molecule has 0 aliphatic carbocycles. The first-order valence-corrected chi connectivity index (χ1v) is 4.82. The normalized spacial score (nSPS) is 18.1. The summed E-state index contributed by atoms with van der Waals surface area (Å²) < 4.78 is 18.4. The molecule has 0 radical (unpaired) electrons. The highest BCUT2D eigenvalue weighted by Crippen LogP contribution is 2.15. The summed E-state index contributed by atoms with van der Waals surface area (Å²) in [4.78, 5) is 3.73. The molecule has 0 spiro atoms. The molecule has 1 N–H and O–H groups in total. The number of rotatable bonds is 2. The van der Waals surface area contributed by atoms with Crippen molar-refractivity contribution in [2.75, 3.05) is 13.1 Å². The maximum absolute atomic E-state index is 12.8. The number of hydrogen-bond acceptors (Lipinski definition) is 3. The Balaban J connectivity index is 1.95. The molecular formula is C10H13FN2O. The summed E-state index contributed by atoms with van der Waals surface area (Å²) >= 11 is 0. The fourth-order valence-electron chi connectivity index (χ4n) is 1.56. The van der Waals surface area contributed by atoms with Gasteiger partial charge in [0.2, 0.25) is 0 Å². The summed E-state index contributed by atoms with van der Waals surface area (Å²) in [6.45, 7) is 1.93. The van der Waals surface area contributed by atoms with Gasteiger partial charge in [-0.25, -0.2) is 4.39 Å². The van der Waals surface area contributed by atoms with Gasteiger partial charge in [0.05, 0.1) is 12.4 Å². The van der Waals surface area contributed by atoms with Crippen molar-refractivity contribution in [3.05, 3.63) is 24.3 Å². The van der Waals surface area contributed by atoms with Crippen molar-refractivity contribution >= 4 is 0 Å². The van der Waals surface area contributed by atoms with Crippen LogP contribution in [0.2, 0.25) is 0 Å². The van der Waals surface area contributed by atoms with E-state index in [-0.39, 0.29) is 11.9 Å². The van der Waals surface area contributed by atoms with E-state index in [0.717, 1.165) is 25.9 Å². The lowest BCUT2D eigenvalue weighted by molar-refractivity contribution is 0.161. The first-order valence-electron chi connectivity index (χ1n) is 4.82. The van der Waals surface area contributed by atoms with Crippen molar-refractivity contribution in [1.82, 2.24) is 10.3 Å². The van der Waals surface area contributed by atoms with Crippen molar-refractivity contribution in [3.8, 4) is 5.75 Å². The lowest BCUT2D eigenvalue weighted by Crippen LogP contribution is -2.34. The van der Waals surface area contributed by atoms with Crippen LogP contribution >= 0.6 is 0 Å². The molecule has 0 saturated carbocycles. The van der Waals surface area contributed by atoms with Crippen LogP contribution in [0.4, 0.5) is 4.39 Å². The third-order valence-electron chi connectivity index (χ3n) is 2.27. The maximum Gasteiger partial charge on any atom is 0.145 e. The third-order valence-corrected chi connectivity index (χ3v) is 2.27. The fourth-order valence-corrected chi connectivity index (χ4v) is 1.56. The third kappa shape index (κ3) is 2.42. The van der Waals surface area contributed by atoms with Gasteiger partial charge in [0.1, 0.15) is 17.7 Å². The van der Waals surface area contributed by atoms with Gasteiger partial charge in [-0.3, -0.25) is 4.98 Å². The minimum atomic E-state index is -0.351. The summed E-state index contributed by atoms with van der Waals surface area (Å²) in [6.07, 6.45) is 4.85. The first kappa shape index (κ1) is 9.40. The number of halogens is 1. The van der Waals surface area contributed by atoms with Gasteiger partial charge < -0.3 is 10.1 Å².